The van der Waals surface area contributed by atoms with Crippen LogP contribution in [0.1, 0.15) is 94.9 Å². The number of aromatic nitrogens is 1. The molecule has 5 nitrogen and oxygen atoms in total. The van der Waals surface area contributed by atoms with Gasteiger partial charge < -0.3 is 14.3 Å². The number of carbonyl (C=O) groups is 1. The number of aliphatic carboxylic acids is 1. The molecule has 0 spiro atoms. The molecule has 3 aromatic rings. The van der Waals surface area contributed by atoms with Crippen LogP contribution in [0.4, 0.5) is 0 Å². The topological polar surface area (TPSA) is 72.6 Å². The van der Waals surface area contributed by atoms with Gasteiger partial charge in [-0.25, -0.2) is 9.78 Å². The summed E-state index contributed by atoms with van der Waals surface area (Å²) in [6.07, 6.45) is 12.5. The van der Waals surface area contributed by atoms with Gasteiger partial charge in [0.1, 0.15) is 11.5 Å². The van der Waals surface area contributed by atoms with Gasteiger partial charge in [-0.2, -0.15) is 0 Å². The maximum atomic E-state index is 10.9. The minimum atomic E-state index is -0.990. The fourth-order valence-corrected chi connectivity index (χ4v) is 5.60. The van der Waals surface area contributed by atoms with Gasteiger partial charge in [-0.3, -0.25) is 0 Å². The Morgan fingerprint density at radius 3 is 2.23 bits per heavy atom. The zero-order valence-electron chi connectivity index (χ0n) is 19.7. The van der Waals surface area contributed by atoms with Crippen LogP contribution in [0.15, 0.2) is 52.9 Å². The van der Waals surface area contributed by atoms with Gasteiger partial charge in [0.25, 0.3) is 0 Å². The Morgan fingerprint density at radius 1 is 0.886 bits per heavy atom. The van der Waals surface area contributed by atoms with Crippen LogP contribution in [0, 0.1) is 0 Å². The van der Waals surface area contributed by atoms with Crippen molar-refractivity contribution < 1.29 is 19.1 Å². The molecule has 0 radical (unpaired) electrons. The zero-order valence-corrected chi connectivity index (χ0v) is 19.7. The Kier molecular flexibility index (Phi) is 8.27. The Balaban J connectivity index is 0.00000289. The number of ether oxygens (including phenoxy) is 1. The number of carboxylic acids is 1. The van der Waals surface area contributed by atoms with Crippen LogP contribution in [-0.2, 0) is 4.79 Å². The van der Waals surface area contributed by atoms with Crippen molar-refractivity contribution in [2.45, 2.75) is 83.5 Å². The first-order chi connectivity index (χ1) is 16.7. The molecule has 5 rings (SSSR count). The number of nitrogens with zero attached hydrogens (tertiary/aromatic N) is 1. The van der Waals surface area contributed by atoms with E-state index >= 15 is 0 Å². The SMILES string of the molecule is C.O=C(O)COc1cccc(-c2ccccc2-c2nc(C3CCCCC3)c(C3CCCCC3)o2)c1. The Labute approximate surface area is 208 Å². The average molecular weight is 476 g/mol. The summed E-state index contributed by atoms with van der Waals surface area (Å²) < 4.78 is 12.1. The monoisotopic (exact) mass is 475 g/mol. The van der Waals surface area contributed by atoms with Crippen molar-refractivity contribution in [3.8, 4) is 28.3 Å². The molecule has 2 saturated carbocycles. The lowest BCUT2D eigenvalue weighted by molar-refractivity contribution is -0.139. The van der Waals surface area contributed by atoms with E-state index in [-0.39, 0.29) is 14.0 Å². The molecule has 1 heterocycles. The second kappa shape index (κ2) is 11.6. The van der Waals surface area contributed by atoms with Crippen molar-refractivity contribution in [1.29, 1.82) is 0 Å². The molecule has 0 amide bonds. The first kappa shape index (κ1) is 25.0. The summed E-state index contributed by atoms with van der Waals surface area (Å²) in [6.45, 7) is -0.361. The van der Waals surface area contributed by atoms with Crippen LogP contribution in [-0.4, -0.2) is 22.7 Å². The van der Waals surface area contributed by atoms with Gasteiger partial charge in [-0.15, -0.1) is 0 Å². The van der Waals surface area contributed by atoms with Crippen LogP contribution in [0.5, 0.6) is 5.75 Å². The summed E-state index contributed by atoms with van der Waals surface area (Å²) >= 11 is 0. The number of oxazole rings is 1. The highest BCUT2D eigenvalue weighted by molar-refractivity contribution is 5.80. The molecule has 5 heteroatoms. The molecule has 0 unspecified atom stereocenters. The molecule has 2 fully saturated rings. The molecule has 2 aliphatic rings. The highest BCUT2D eigenvalue weighted by atomic mass is 16.5. The lowest BCUT2D eigenvalue weighted by Gasteiger charge is -2.24. The van der Waals surface area contributed by atoms with E-state index in [9.17, 15) is 4.79 Å². The van der Waals surface area contributed by atoms with Crippen LogP contribution in [0.3, 0.4) is 0 Å². The van der Waals surface area contributed by atoms with E-state index in [0.717, 1.165) is 22.5 Å². The molecule has 0 aliphatic heterocycles. The summed E-state index contributed by atoms with van der Waals surface area (Å²) in [5.41, 5.74) is 4.14. The Morgan fingerprint density at radius 2 is 1.54 bits per heavy atom. The maximum Gasteiger partial charge on any atom is 0.341 e. The molecule has 186 valence electrons. The average Bonchev–Trinajstić information content (AvgIpc) is 3.34. The molecule has 35 heavy (non-hydrogen) atoms. The third-order valence-electron chi connectivity index (χ3n) is 7.31. The molecule has 0 atom stereocenters. The highest BCUT2D eigenvalue weighted by Gasteiger charge is 2.30. The number of carboxylic acid groups (broad SMARTS) is 1. The third-order valence-corrected chi connectivity index (χ3v) is 7.31. The lowest BCUT2D eigenvalue weighted by Crippen LogP contribution is -2.11. The second-order valence-corrected chi connectivity index (χ2v) is 9.69. The van der Waals surface area contributed by atoms with Gasteiger partial charge in [0.2, 0.25) is 5.89 Å². The predicted octanol–water partition coefficient (Wildman–Crippen LogP) is 8.20. The molecular weight excluding hydrogens is 438 g/mol. The summed E-state index contributed by atoms with van der Waals surface area (Å²) in [6, 6.07) is 15.7. The highest BCUT2D eigenvalue weighted by Crippen LogP contribution is 2.44. The maximum absolute atomic E-state index is 10.9. The van der Waals surface area contributed by atoms with Gasteiger partial charge in [-0.1, -0.05) is 76.3 Å². The minimum absolute atomic E-state index is 0. The van der Waals surface area contributed by atoms with Gasteiger partial charge in [0.05, 0.1) is 5.69 Å². The fraction of sp³-hybridized carbons (Fsp3) is 0.467. The van der Waals surface area contributed by atoms with E-state index < -0.39 is 5.97 Å². The van der Waals surface area contributed by atoms with E-state index in [1.54, 1.807) is 6.07 Å². The Bertz CT molecular complexity index is 1090. The van der Waals surface area contributed by atoms with E-state index in [1.807, 2.05) is 30.3 Å². The van der Waals surface area contributed by atoms with Crippen molar-refractivity contribution >= 4 is 5.97 Å². The van der Waals surface area contributed by atoms with E-state index in [4.69, 9.17) is 19.2 Å². The molecule has 0 saturated heterocycles. The van der Waals surface area contributed by atoms with Gasteiger partial charge >= 0.3 is 5.97 Å². The van der Waals surface area contributed by atoms with Crippen molar-refractivity contribution in [3.63, 3.8) is 0 Å². The van der Waals surface area contributed by atoms with E-state index in [1.165, 1.54) is 69.9 Å². The van der Waals surface area contributed by atoms with Crippen LogP contribution < -0.4 is 4.74 Å². The zero-order chi connectivity index (χ0) is 23.3. The minimum Gasteiger partial charge on any atom is -0.482 e. The first-order valence-electron chi connectivity index (χ1n) is 12.7. The van der Waals surface area contributed by atoms with Crippen molar-refractivity contribution in [2.75, 3.05) is 6.61 Å². The molecule has 1 aromatic heterocycles. The van der Waals surface area contributed by atoms with Crippen LogP contribution >= 0.6 is 0 Å². The van der Waals surface area contributed by atoms with Crippen LogP contribution in [0.25, 0.3) is 22.6 Å². The van der Waals surface area contributed by atoms with Crippen molar-refractivity contribution in [2.24, 2.45) is 0 Å². The Hall–Kier alpha value is -3.08. The molecule has 0 bridgehead atoms. The smallest absolute Gasteiger partial charge is 0.341 e. The summed E-state index contributed by atoms with van der Waals surface area (Å²) in [7, 11) is 0. The number of hydrogen-bond donors (Lipinski definition) is 1. The summed E-state index contributed by atoms with van der Waals surface area (Å²) in [5.74, 6) is 2.36. The molecule has 2 aliphatic carbocycles. The number of rotatable bonds is 7. The van der Waals surface area contributed by atoms with Gasteiger partial charge in [0, 0.05) is 17.4 Å². The second-order valence-electron chi connectivity index (χ2n) is 9.69. The fourth-order valence-electron chi connectivity index (χ4n) is 5.60. The molecular formula is C30H37NO4. The summed E-state index contributed by atoms with van der Waals surface area (Å²) in [5, 5.41) is 8.95. The molecule has 1 N–H and O–H groups in total. The van der Waals surface area contributed by atoms with Crippen molar-refractivity contribution in [1.82, 2.24) is 4.98 Å². The first-order valence-corrected chi connectivity index (χ1v) is 12.7. The largest absolute Gasteiger partial charge is 0.482 e. The number of benzene rings is 2. The van der Waals surface area contributed by atoms with Crippen molar-refractivity contribution in [3.05, 3.63) is 60.0 Å². The quantitative estimate of drug-likeness (QED) is 0.373. The third kappa shape index (κ3) is 5.77. The normalized spacial score (nSPS) is 17.0. The van der Waals surface area contributed by atoms with E-state index in [0.29, 0.717) is 23.5 Å². The standard InChI is InChI=1S/C29H33NO4.CH4/c31-26(32)19-33-23-15-9-14-22(18-23)24-16-7-8-17-25(24)29-30-27(20-10-3-1-4-11-20)28(34-29)21-12-5-2-6-13-21;/h7-9,14-18,20-21H,1-6,10-13,19H2,(H,31,32);1H4. The van der Waals surface area contributed by atoms with E-state index in [2.05, 4.69) is 12.1 Å². The molecule has 2 aromatic carbocycles. The van der Waals surface area contributed by atoms with Gasteiger partial charge in [0.15, 0.2) is 6.61 Å². The van der Waals surface area contributed by atoms with Crippen LogP contribution in [0.2, 0.25) is 0 Å². The number of hydrogen-bond acceptors (Lipinski definition) is 4. The van der Waals surface area contributed by atoms with Gasteiger partial charge in [-0.05, 0) is 55.0 Å². The summed E-state index contributed by atoms with van der Waals surface area (Å²) in [4.78, 5) is 16.1. The lowest BCUT2D eigenvalue weighted by atomic mass is 9.81. The predicted molar refractivity (Wildman–Crippen MR) is 139 cm³/mol.